The molecule has 0 aliphatic carbocycles. The van der Waals surface area contributed by atoms with Crippen LogP contribution in [-0.2, 0) is 0 Å². The fourth-order valence-electron chi connectivity index (χ4n) is 2.79. The average Bonchev–Trinajstić information content (AvgIpc) is 3.07. The number of nitriles is 1. The molecule has 1 aromatic heterocycles. The first-order chi connectivity index (χ1) is 12.5. The summed E-state index contributed by atoms with van der Waals surface area (Å²) in [5.41, 5.74) is 8.36. The molecular formula is C22H21N3S. The Morgan fingerprint density at radius 2 is 1.77 bits per heavy atom. The van der Waals surface area contributed by atoms with Crippen LogP contribution in [0.1, 0.15) is 27.3 Å². The number of aromatic nitrogens is 1. The highest BCUT2D eigenvalue weighted by Crippen LogP contribution is 2.27. The molecule has 0 aliphatic heterocycles. The van der Waals surface area contributed by atoms with Gasteiger partial charge in [-0.1, -0.05) is 18.2 Å². The standard InChI is InChI=1S/C22H21N3S/c1-14-7-15(2)9-20(8-14)24-12-19(11-23)22-25-21(13-26-22)18-6-5-16(3)17(4)10-18/h5-10,12-13,24H,1-4H3. The summed E-state index contributed by atoms with van der Waals surface area (Å²) in [6, 6.07) is 14.8. The van der Waals surface area contributed by atoms with Crippen LogP contribution >= 0.6 is 11.3 Å². The molecule has 3 rings (SSSR count). The summed E-state index contributed by atoms with van der Waals surface area (Å²) < 4.78 is 0. The van der Waals surface area contributed by atoms with Crippen molar-refractivity contribution in [3.63, 3.8) is 0 Å². The number of allylic oxidation sites excluding steroid dienone is 1. The molecular weight excluding hydrogens is 338 g/mol. The molecule has 0 atom stereocenters. The van der Waals surface area contributed by atoms with E-state index in [9.17, 15) is 5.26 Å². The molecule has 0 bridgehead atoms. The molecule has 1 heterocycles. The van der Waals surface area contributed by atoms with Crippen LogP contribution in [0.5, 0.6) is 0 Å². The summed E-state index contributed by atoms with van der Waals surface area (Å²) in [6.45, 7) is 8.31. The zero-order valence-electron chi connectivity index (χ0n) is 15.4. The Kier molecular flexibility index (Phi) is 5.20. The van der Waals surface area contributed by atoms with Crippen molar-refractivity contribution < 1.29 is 0 Å². The maximum Gasteiger partial charge on any atom is 0.136 e. The van der Waals surface area contributed by atoms with Gasteiger partial charge in [0.2, 0.25) is 0 Å². The van der Waals surface area contributed by atoms with Crippen molar-refractivity contribution in [1.29, 1.82) is 5.26 Å². The minimum atomic E-state index is 0.532. The number of anilines is 1. The quantitative estimate of drug-likeness (QED) is 0.579. The molecule has 1 N–H and O–H groups in total. The van der Waals surface area contributed by atoms with E-state index in [4.69, 9.17) is 0 Å². The topological polar surface area (TPSA) is 48.7 Å². The Balaban J connectivity index is 1.86. The fourth-order valence-corrected chi connectivity index (χ4v) is 3.58. The molecule has 0 saturated carbocycles. The predicted octanol–water partition coefficient (Wildman–Crippen LogP) is 6.02. The van der Waals surface area contributed by atoms with Gasteiger partial charge in [-0.25, -0.2) is 4.98 Å². The Bertz CT molecular complexity index is 1000. The van der Waals surface area contributed by atoms with E-state index in [-0.39, 0.29) is 0 Å². The highest BCUT2D eigenvalue weighted by Gasteiger charge is 2.09. The maximum atomic E-state index is 9.54. The molecule has 0 unspecified atom stereocenters. The maximum absolute atomic E-state index is 9.54. The zero-order valence-corrected chi connectivity index (χ0v) is 16.2. The van der Waals surface area contributed by atoms with E-state index in [2.05, 4.69) is 80.5 Å². The molecule has 0 amide bonds. The van der Waals surface area contributed by atoms with Gasteiger partial charge in [0.15, 0.2) is 0 Å². The van der Waals surface area contributed by atoms with Crippen molar-refractivity contribution in [1.82, 2.24) is 4.98 Å². The number of rotatable bonds is 4. The number of nitrogens with one attached hydrogen (secondary N) is 1. The Hall–Kier alpha value is -2.90. The number of nitrogens with zero attached hydrogens (tertiary/aromatic N) is 2. The molecule has 26 heavy (non-hydrogen) atoms. The SMILES string of the molecule is Cc1cc(C)cc(NC=C(C#N)c2nc(-c3ccc(C)c(C)c3)cs2)c1. The van der Waals surface area contributed by atoms with Crippen molar-refractivity contribution in [2.45, 2.75) is 27.7 Å². The summed E-state index contributed by atoms with van der Waals surface area (Å²) in [4.78, 5) is 4.66. The van der Waals surface area contributed by atoms with E-state index in [1.807, 2.05) is 5.38 Å². The molecule has 4 heteroatoms. The highest BCUT2D eigenvalue weighted by atomic mass is 32.1. The molecule has 0 aliphatic rings. The van der Waals surface area contributed by atoms with Crippen LogP contribution in [-0.4, -0.2) is 4.98 Å². The Morgan fingerprint density at radius 1 is 1.04 bits per heavy atom. The van der Waals surface area contributed by atoms with Gasteiger partial charge in [0, 0.05) is 22.8 Å². The average molecular weight is 359 g/mol. The second-order valence-electron chi connectivity index (χ2n) is 6.53. The molecule has 0 radical (unpaired) electrons. The largest absolute Gasteiger partial charge is 0.360 e. The van der Waals surface area contributed by atoms with Gasteiger partial charge in [0.1, 0.15) is 16.6 Å². The number of benzene rings is 2. The molecule has 0 fully saturated rings. The fraction of sp³-hybridized carbons (Fsp3) is 0.182. The van der Waals surface area contributed by atoms with Crippen LogP contribution in [0.2, 0.25) is 0 Å². The molecule has 130 valence electrons. The Morgan fingerprint density at radius 3 is 2.42 bits per heavy atom. The van der Waals surface area contributed by atoms with E-state index in [0.29, 0.717) is 5.57 Å². The summed E-state index contributed by atoms with van der Waals surface area (Å²) in [7, 11) is 0. The third-order valence-electron chi connectivity index (χ3n) is 4.26. The van der Waals surface area contributed by atoms with Crippen LogP contribution in [0.4, 0.5) is 5.69 Å². The summed E-state index contributed by atoms with van der Waals surface area (Å²) in [6.07, 6.45) is 1.73. The van der Waals surface area contributed by atoms with Gasteiger partial charge in [-0.15, -0.1) is 11.3 Å². The minimum absolute atomic E-state index is 0.532. The Labute approximate surface area is 158 Å². The van der Waals surface area contributed by atoms with Gasteiger partial charge in [-0.05, 0) is 68.1 Å². The second kappa shape index (κ2) is 7.55. The lowest BCUT2D eigenvalue weighted by atomic mass is 10.1. The van der Waals surface area contributed by atoms with E-state index in [0.717, 1.165) is 22.0 Å². The van der Waals surface area contributed by atoms with Crippen LogP contribution in [0, 0.1) is 39.0 Å². The third kappa shape index (κ3) is 4.01. The first-order valence-corrected chi connectivity index (χ1v) is 9.33. The van der Waals surface area contributed by atoms with Crippen LogP contribution in [0.25, 0.3) is 16.8 Å². The van der Waals surface area contributed by atoms with E-state index < -0.39 is 0 Å². The third-order valence-corrected chi connectivity index (χ3v) is 5.14. The van der Waals surface area contributed by atoms with Crippen LogP contribution in [0.15, 0.2) is 48.0 Å². The van der Waals surface area contributed by atoms with Crippen molar-refractivity contribution in [2.75, 3.05) is 5.32 Å². The zero-order chi connectivity index (χ0) is 18.7. The lowest BCUT2D eigenvalue weighted by Crippen LogP contribution is -1.92. The summed E-state index contributed by atoms with van der Waals surface area (Å²) in [5.74, 6) is 0. The normalized spacial score (nSPS) is 11.3. The number of thiazole rings is 1. The van der Waals surface area contributed by atoms with E-state index >= 15 is 0 Å². The van der Waals surface area contributed by atoms with Crippen LogP contribution in [0.3, 0.4) is 0 Å². The lowest BCUT2D eigenvalue weighted by Gasteiger charge is -2.05. The van der Waals surface area contributed by atoms with Gasteiger partial charge in [0.05, 0.1) is 5.69 Å². The first kappa shape index (κ1) is 17.9. The second-order valence-corrected chi connectivity index (χ2v) is 7.39. The van der Waals surface area contributed by atoms with Gasteiger partial charge in [-0.2, -0.15) is 5.26 Å². The minimum Gasteiger partial charge on any atom is -0.360 e. The first-order valence-electron chi connectivity index (χ1n) is 8.45. The van der Waals surface area contributed by atoms with E-state index in [1.54, 1.807) is 6.20 Å². The number of hydrogen-bond donors (Lipinski definition) is 1. The summed E-state index contributed by atoms with van der Waals surface area (Å²) in [5, 5.41) is 15.5. The number of hydrogen-bond acceptors (Lipinski definition) is 4. The van der Waals surface area contributed by atoms with Crippen molar-refractivity contribution in [3.8, 4) is 17.3 Å². The van der Waals surface area contributed by atoms with Crippen LogP contribution < -0.4 is 5.32 Å². The van der Waals surface area contributed by atoms with Gasteiger partial charge < -0.3 is 5.32 Å². The van der Waals surface area contributed by atoms with Gasteiger partial charge in [-0.3, -0.25) is 0 Å². The molecule has 3 nitrogen and oxygen atoms in total. The molecule has 2 aromatic carbocycles. The van der Waals surface area contributed by atoms with E-state index in [1.165, 1.54) is 33.6 Å². The van der Waals surface area contributed by atoms with Crippen molar-refractivity contribution >= 4 is 22.6 Å². The molecule has 0 saturated heterocycles. The highest BCUT2D eigenvalue weighted by molar-refractivity contribution is 7.11. The molecule has 0 spiro atoms. The number of aryl methyl sites for hydroxylation is 4. The van der Waals surface area contributed by atoms with Crippen molar-refractivity contribution in [3.05, 3.63) is 75.2 Å². The predicted molar refractivity (Wildman–Crippen MR) is 110 cm³/mol. The smallest absolute Gasteiger partial charge is 0.136 e. The lowest BCUT2D eigenvalue weighted by molar-refractivity contribution is 1.31. The summed E-state index contributed by atoms with van der Waals surface area (Å²) >= 11 is 1.49. The van der Waals surface area contributed by atoms with Gasteiger partial charge >= 0.3 is 0 Å². The van der Waals surface area contributed by atoms with Gasteiger partial charge in [0.25, 0.3) is 0 Å². The molecule has 3 aromatic rings. The van der Waals surface area contributed by atoms with Crippen molar-refractivity contribution in [2.24, 2.45) is 0 Å². The monoisotopic (exact) mass is 359 g/mol.